The highest BCUT2D eigenvalue weighted by Crippen LogP contribution is 2.24. The topological polar surface area (TPSA) is 63.7 Å². The first kappa shape index (κ1) is 12.7. The van der Waals surface area contributed by atoms with Crippen LogP contribution < -0.4 is 0 Å². The minimum absolute atomic E-state index is 0.241. The molecule has 0 aromatic carbocycles. The number of nitrogens with zero attached hydrogens (tertiary/aromatic N) is 1. The van der Waals surface area contributed by atoms with Gasteiger partial charge in [-0.05, 0) is 13.8 Å². The molecule has 0 spiro atoms. The van der Waals surface area contributed by atoms with Gasteiger partial charge in [0.2, 0.25) is 11.8 Å². The van der Waals surface area contributed by atoms with Gasteiger partial charge in [0.25, 0.3) is 0 Å². The second kappa shape index (κ2) is 4.63. The van der Waals surface area contributed by atoms with E-state index in [9.17, 15) is 14.4 Å². The van der Waals surface area contributed by atoms with Crippen LogP contribution in [0.4, 0.5) is 0 Å². The number of likely N-dealkylation sites (tertiary alicyclic amines) is 1. The zero-order chi connectivity index (χ0) is 12.5. The van der Waals surface area contributed by atoms with Crippen LogP contribution in [0.2, 0.25) is 0 Å². The first-order valence-corrected chi connectivity index (χ1v) is 5.39. The molecule has 1 rings (SSSR count). The molecule has 1 heterocycles. The summed E-state index contributed by atoms with van der Waals surface area (Å²) in [6.07, 6.45) is -0.241. The smallest absolute Gasteiger partial charge is 0.326 e. The van der Waals surface area contributed by atoms with Crippen molar-refractivity contribution in [3.05, 3.63) is 0 Å². The van der Waals surface area contributed by atoms with Crippen molar-refractivity contribution >= 4 is 17.8 Å². The Hall–Kier alpha value is -1.39. The lowest BCUT2D eigenvalue weighted by Crippen LogP contribution is -2.37. The Morgan fingerprint density at radius 1 is 1.25 bits per heavy atom. The highest BCUT2D eigenvalue weighted by Gasteiger charge is 2.43. The molecule has 90 valence electrons. The fraction of sp³-hybridized carbons (Fsp3) is 0.727. The Morgan fingerprint density at radius 3 is 2.06 bits per heavy atom. The Balaban J connectivity index is 2.65. The minimum Gasteiger partial charge on any atom is -0.462 e. The van der Waals surface area contributed by atoms with Gasteiger partial charge in [0.1, 0.15) is 6.54 Å². The number of imide groups is 1. The molecule has 2 atom stereocenters. The normalized spacial score (nSPS) is 25.4. The van der Waals surface area contributed by atoms with Crippen molar-refractivity contribution in [2.45, 2.75) is 33.8 Å². The van der Waals surface area contributed by atoms with E-state index in [1.807, 2.05) is 0 Å². The van der Waals surface area contributed by atoms with Crippen LogP contribution in [0.3, 0.4) is 0 Å². The van der Waals surface area contributed by atoms with Crippen LogP contribution in [-0.4, -0.2) is 35.3 Å². The number of carbonyl (C=O) groups is 3. The Morgan fingerprint density at radius 2 is 1.69 bits per heavy atom. The van der Waals surface area contributed by atoms with Crippen molar-refractivity contribution in [3.8, 4) is 0 Å². The lowest BCUT2D eigenvalue weighted by Gasteiger charge is -2.14. The van der Waals surface area contributed by atoms with Gasteiger partial charge in [-0.2, -0.15) is 0 Å². The highest BCUT2D eigenvalue weighted by atomic mass is 16.5. The zero-order valence-corrected chi connectivity index (χ0v) is 10.0. The summed E-state index contributed by atoms with van der Waals surface area (Å²) in [6, 6.07) is 0. The molecule has 0 saturated carbocycles. The van der Waals surface area contributed by atoms with Gasteiger partial charge in [-0.15, -0.1) is 0 Å². The van der Waals surface area contributed by atoms with Crippen molar-refractivity contribution in [2.75, 3.05) is 6.54 Å². The third-order valence-electron chi connectivity index (χ3n) is 2.72. The summed E-state index contributed by atoms with van der Waals surface area (Å²) in [5.41, 5.74) is 0. The van der Waals surface area contributed by atoms with Gasteiger partial charge in [0.05, 0.1) is 6.10 Å². The summed E-state index contributed by atoms with van der Waals surface area (Å²) in [6.45, 7) is 6.55. The van der Waals surface area contributed by atoms with Crippen LogP contribution in [0.25, 0.3) is 0 Å². The predicted molar refractivity (Wildman–Crippen MR) is 56.3 cm³/mol. The number of esters is 1. The summed E-state index contributed by atoms with van der Waals surface area (Å²) >= 11 is 0. The molecule has 16 heavy (non-hydrogen) atoms. The number of amides is 2. The van der Waals surface area contributed by atoms with Gasteiger partial charge in [-0.25, -0.2) is 0 Å². The molecule has 2 amide bonds. The van der Waals surface area contributed by atoms with Crippen LogP contribution >= 0.6 is 0 Å². The number of hydrogen-bond acceptors (Lipinski definition) is 4. The molecular formula is C11H17NO4. The van der Waals surface area contributed by atoms with Crippen LogP contribution in [0.5, 0.6) is 0 Å². The fourth-order valence-corrected chi connectivity index (χ4v) is 1.61. The highest BCUT2D eigenvalue weighted by molar-refractivity contribution is 6.06. The maximum atomic E-state index is 11.6. The van der Waals surface area contributed by atoms with Crippen LogP contribution in [-0.2, 0) is 19.1 Å². The van der Waals surface area contributed by atoms with Gasteiger partial charge in [0, 0.05) is 11.8 Å². The summed E-state index contributed by atoms with van der Waals surface area (Å²) < 4.78 is 4.89. The second-order valence-electron chi connectivity index (χ2n) is 4.38. The molecule has 1 saturated heterocycles. The lowest BCUT2D eigenvalue weighted by molar-refractivity contribution is -0.155. The maximum absolute atomic E-state index is 11.6. The molecular weight excluding hydrogens is 210 g/mol. The Labute approximate surface area is 94.7 Å². The zero-order valence-electron chi connectivity index (χ0n) is 10.0. The van der Waals surface area contributed by atoms with E-state index in [1.165, 1.54) is 0 Å². The largest absolute Gasteiger partial charge is 0.462 e. The average Bonchev–Trinajstić information content (AvgIpc) is 2.34. The summed E-state index contributed by atoms with van der Waals surface area (Å²) in [4.78, 5) is 35.6. The van der Waals surface area contributed by atoms with Crippen LogP contribution in [0.15, 0.2) is 0 Å². The number of hydrogen-bond donors (Lipinski definition) is 0. The van der Waals surface area contributed by atoms with Crippen molar-refractivity contribution < 1.29 is 19.1 Å². The third kappa shape index (κ3) is 2.40. The van der Waals surface area contributed by atoms with Crippen molar-refractivity contribution in [2.24, 2.45) is 11.8 Å². The molecule has 0 N–H and O–H groups in total. The average molecular weight is 227 g/mol. The molecule has 2 unspecified atom stereocenters. The summed E-state index contributed by atoms with van der Waals surface area (Å²) in [5, 5.41) is 0. The van der Waals surface area contributed by atoms with E-state index < -0.39 is 5.97 Å². The van der Waals surface area contributed by atoms with Gasteiger partial charge in [0.15, 0.2) is 0 Å². The van der Waals surface area contributed by atoms with Gasteiger partial charge >= 0.3 is 5.97 Å². The fourth-order valence-electron chi connectivity index (χ4n) is 1.61. The van der Waals surface area contributed by atoms with E-state index in [1.54, 1.807) is 27.7 Å². The molecule has 0 aliphatic carbocycles. The number of ether oxygens (including phenoxy) is 1. The van der Waals surface area contributed by atoms with Gasteiger partial charge < -0.3 is 4.74 Å². The predicted octanol–water partition coefficient (Wildman–Crippen LogP) is 0.579. The quantitative estimate of drug-likeness (QED) is 0.522. The van der Waals surface area contributed by atoms with Crippen molar-refractivity contribution in [1.29, 1.82) is 0 Å². The van der Waals surface area contributed by atoms with Gasteiger partial charge in [-0.3, -0.25) is 19.3 Å². The molecule has 0 radical (unpaired) electrons. The molecule has 1 aliphatic heterocycles. The van der Waals surface area contributed by atoms with Crippen LogP contribution in [0.1, 0.15) is 27.7 Å². The molecule has 0 aromatic rings. The maximum Gasteiger partial charge on any atom is 0.326 e. The molecule has 1 aliphatic rings. The third-order valence-corrected chi connectivity index (χ3v) is 2.72. The van der Waals surface area contributed by atoms with Crippen molar-refractivity contribution in [3.63, 3.8) is 0 Å². The SMILES string of the molecule is CC(C)OC(=O)CN1C(=O)C(C)C(C)C1=O. The first-order chi connectivity index (χ1) is 7.34. The second-order valence-corrected chi connectivity index (χ2v) is 4.38. The number of rotatable bonds is 3. The van der Waals surface area contributed by atoms with E-state index in [4.69, 9.17) is 4.74 Å². The number of carbonyl (C=O) groups excluding carboxylic acids is 3. The van der Waals surface area contributed by atoms with E-state index in [0.717, 1.165) is 4.90 Å². The lowest BCUT2D eigenvalue weighted by atomic mass is 10.00. The van der Waals surface area contributed by atoms with E-state index in [2.05, 4.69) is 0 Å². The Bertz CT molecular complexity index is 304. The van der Waals surface area contributed by atoms with E-state index in [0.29, 0.717) is 0 Å². The van der Waals surface area contributed by atoms with Gasteiger partial charge in [-0.1, -0.05) is 13.8 Å². The molecule has 0 aromatic heterocycles. The summed E-state index contributed by atoms with van der Waals surface area (Å²) in [5.74, 6) is -1.83. The van der Waals surface area contributed by atoms with Crippen molar-refractivity contribution in [1.82, 2.24) is 4.90 Å². The molecule has 1 fully saturated rings. The Kier molecular flexibility index (Phi) is 3.67. The van der Waals surface area contributed by atoms with E-state index in [-0.39, 0.29) is 36.3 Å². The monoisotopic (exact) mass is 227 g/mol. The summed E-state index contributed by atoms with van der Waals surface area (Å²) in [7, 11) is 0. The molecule has 5 heteroatoms. The first-order valence-electron chi connectivity index (χ1n) is 5.39. The molecule has 0 bridgehead atoms. The molecule has 5 nitrogen and oxygen atoms in total. The standard InChI is InChI=1S/C11H17NO4/c1-6(2)16-9(13)5-12-10(14)7(3)8(4)11(12)15/h6-8H,5H2,1-4H3. The minimum atomic E-state index is -0.544. The van der Waals surface area contributed by atoms with E-state index >= 15 is 0 Å². The van der Waals surface area contributed by atoms with Crippen LogP contribution in [0, 0.1) is 11.8 Å².